The van der Waals surface area contributed by atoms with E-state index in [2.05, 4.69) is 27.4 Å². The lowest BCUT2D eigenvalue weighted by Crippen LogP contribution is -2.19. The normalized spacial score (nSPS) is 10.6. The van der Waals surface area contributed by atoms with E-state index in [1.165, 1.54) is 5.56 Å². The van der Waals surface area contributed by atoms with Crippen LogP contribution in [-0.4, -0.2) is 23.1 Å². The number of hydrogen-bond donors (Lipinski definition) is 2. The topological polar surface area (TPSA) is 49.9 Å². The molecule has 17 heavy (non-hydrogen) atoms. The maximum Gasteiger partial charge on any atom is 0.0922 e. The van der Waals surface area contributed by atoms with Crippen LogP contribution in [0.25, 0.3) is 0 Å². The molecule has 0 unspecified atom stereocenters. The number of ether oxygens (including phenoxy) is 1. The third kappa shape index (κ3) is 4.38. The summed E-state index contributed by atoms with van der Waals surface area (Å²) in [5.41, 5.74) is 2.30. The third-order valence-electron chi connectivity index (χ3n) is 2.41. The Bertz CT molecular complexity index is 400. The maximum absolute atomic E-state index is 5.55. The summed E-state index contributed by atoms with van der Waals surface area (Å²) in [5.74, 6) is 0. The van der Waals surface area contributed by atoms with Crippen LogP contribution in [0.3, 0.4) is 0 Å². The molecule has 4 nitrogen and oxygen atoms in total. The standard InChI is InChI=1S/C13H17N3O/c1-2-4-12(5-3-1)10-17-7-6-14-8-13-9-15-11-16-13/h1-5,9,11,14H,6-8,10H2,(H,15,16). The van der Waals surface area contributed by atoms with E-state index in [0.717, 1.165) is 18.8 Å². The summed E-state index contributed by atoms with van der Waals surface area (Å²) in [6, 6.07) is 10.2. The predicted molar refractivity (Wildman–Crippen MR) is 66.4 cm³/mol. The van der Waals surface area contributed by atoms with Gasteiger partial charge in [-0.05, 0) is 5.56 Å². The molecule has 1 heterocycles. The first-order chi connectivity index (χ1) is 8.45. The first-order valence-electron chi connectivity index (χ1n) is 5.75. The smallest absolute Gasteiger partial charge is 0.0922 e. The number of benzene rings is 1. The van der Waals surface area contributed by atoms with Crippen molar-refractivity contribution in [3.63, 3.8) is 0 Å². The molecule has 1 aromatic heterocycles. The predicted octanol–water partition coefficient (Wildman–Crippen LogP) is 1.72. The van der Waals surface area contributed by atoms with E-state index < -0.39 is 0 Å². The summed E-state index contributed by atoms with van der Waals surface area (Å²) in [5, 5.41) is 3.28. The summed E-state index contributed by atoms with van der Waals surface area (Å²) in [6.45, 7) is 3.02. The first kappa shape index (κ1) is 11.8. The Balaban J connectivity index is 1.52. The van der Waals surface area contributed by atoms with Gasteiger partial charge in [-0.25, -0.2) is 4.98 Å². The molecule has 0 bridgehead atoms. The van der Waals surface area contributed by atoms with Crippen LogP contribution in [0, 0.1) is 0 Å². The lowest BCUT2D eigenvalue weighted by Gasteiger charge is -2.05. The van der Waals surface area contributed by atoms with E-state index >= 15 is 0 Å². The fourth-order valence-electron chi connectivity index (χ4n) is 1.51. The highest BCUT2D eigenvalue weighted by atomic mass is 16.5. The van der Waals surface area contributed by atoms with E-state index in [-0.39, 0.29) is 0 Å². The summed E-state index contributed by atoms with van der Waals surface area (Å²) < 4.78 is 5.55. The minimum Gasteiger partial charge on any atom is -0.375 e. The summed E-state index contributed by atoms with van der Waals surface area (Å²) >= 11 is 0. The molecule has 2 N–H and O–H groups in total. The number of aromatic nitrogens is 2. The van der Waals surface area contributed by atoms with Crippen LogP contribution in [0.1, 0.15) is 11.3 Å². The van der Waals surface area contributed by atoms with Crippen molar-refractivity contribution in [3.8, 4) is 0 Å². The van der Waals surface area contributed by atoms with Gasteiger partial charge in [-0.15, -0.1) is 0 Å². The maximum atomic E-state index is 5.55. The van der Waals surface area contributed by atoms with Crippen molar-refractivity contribution in [3.05, 3.63) is 54.1 Å². The number of imidazole rings is 1. The quantitative estimate of drug-likeness (QED) is 0.713. The Kier molecular flexibility index (Phi) is 4.75. The fourth-order valence-corrected chi connectivity index (χ4v) is 1.51. The number of H-pyrrole nitrogens is 1. The van der Waals surface area contributed by atoms with Gasteiger partial charge in [0.1, 0.15) is 0 Å². The van der Waals surface area contributed by atoms with Crippen LogP contribution in [0.2, 0.25) is 0 Å². The Labute approximate surface area is 101 Å². The molecule has 0 saturated carbocycles. The highest BCUT2D eigenvalue weighted by molar-refractivity contribution is 5.13. The molecule has 0 saturated heterocycles. The van der Waals surface area contributed by atoms with Crippen molar-refractivity contribution in [2.45, 2.75) is 13.2 Å². The van der Waals surface area contributed by atoms with Crippen molar-refractivity contribution < 1.29 is 4.74 Å². The van der Waals surface area contributed by atoms with Gasteiger partial charge < -0.3 is 15.0 Å². The zero-order valence-corrected chi connectivity index (χ0v) is 9.73. The molecule has 0 atom stereocenters. The molecule has 0 aliphatic rings. The minimum absolute atomic E-state index is 0.673. The molecule has 1 aromatic carbocycles. The van der Waals surface area contributed by atoms with Gasteiger partial charge in [-0.3, -0.25) is 0 Å². The molecule has 0 aliphatic heterocycles. The van der Waals surface area contributed by atoms with Crippen molar-refractivity contribution in [2.75, 3.05) is 13.2 Å². The van der Waals surface area contributed by atoms with Crippen molar-refractivity contribution in [1.82, 2.24) is 15.3 Å². The number of hydrogen-bond acceptors (Lipinski definition) is 3. The van der Waals surface area contributed by atoms with E-state index in [1.807, 2.05) is 24.4 Å². The highest BCUT2D eigenvalue weighted by Gasteiger charge is 1.94. The molecule has 0 spiro atoms. The van der Waals surface area contributed by atoms with Crippen molar-refractivity contribution in [2.24, 2.45) is 0 Å². The van der Waals surface area contributed by atoms with E-state index in [0.29, 0.717) is 13.2 Å². The van der Waals surface area contributed by atoms with Crippen LogP contribution in [0.4, 0.5) is 0 Å². The van der Waals surface area contributed by atoms with E-state index in [1.54, 1.807) is 6.33 Å². The second-order valence-corrected chi connectivity index (χ2v) is 3.79. The van der Waals surface area contributed by atoms with Crippen LogP contribution in [0.5, 0.6) is 0 Å². The Morgan fingerprint density at radius 1 is 1.24 bits per heavy atom. The van der Waals surface area contributed by atoms with Gasteiger partial charge in [0.05, 0.1) is 19.5 Å². The second-order valence-electron chi connectivity index (χ2n) is 3.79. The van der Waals surface area contributed by atoms with E-state index in [4.69, 9.17) is 4.74 Å². The van der Waals surface area contributed by atoms with Crippen LogP contribution in [-0.2, 0) is 17.9 Å². The summed E-state index contributed by atoms with van der Waals surface area (Å²) in [7, 11) is 0. The largest absolute Gasteiger partial charge is 0.375 e. The molecule has 0 amide bonds. The average molecular weight is 231 g/mol. The van der Waals surface area contributed by atoms with Gasteiger partial charge in [0.25, 0.3) is 0 Å². The molecule has 2 rings (SSSR count). The van der Waals surface area contributed by atoms with Crippen LogP contribution in [0.15, 0.2) is 42.9 Å². The zero-order valence-electron chi connectivity index (χ0n) is 9.73. The Hall–Kier alpha value is -1.65. The minimum atomic E-state index is 0.673. The molecule has 2 aromatic rings. The second kappa shape index (κ2) is 6.83. The number of nitrogens with zero attached hydrogens (tertiary/aromatic N) is 1. The van der Waals surface area contributed by atoms with Crippen LogP contribution >= 0.6 is 0 Å². The van der Waals surface area contributed by atoms with Gasteiger partial charge in [0, 0.05) is 25.0 Å². The molecule has 0 aliphatic carbocycles. The summed E-state index contributed by atoms with van der Waals surface area (Å²) in [6.07, 6.45) is 3.50. The van der Waals surface area contributed by atoms with E-state index in [9.17, 15) is 0 Å². The van der Waals surface area contributed by atoms with Gasteiger partial charge in [0.2, 0.25) is 0 Å². The molecule has 90 valence electrons. The molecular weight excluding hydrogens is 214 g/mol. The number of aromatic amines is 1. The molecule has 0 radical (unpaired) electrons. The zero-order chi connectivity index (χ0) is 11.8. The monoisotopic (exact) mass is 231 g/mol. The van der Waals surface area contributed by atoms with Crippen molar-refractivity contribution >= 4 is 0 Å². The number of rotatable bonds is 7. The van der Waals surface area contributed by atoms with Gasteiger partial charge in [-0.1, -0.05) is 30.3 Å². The van der Waals surface area contributed by atoms with Crippen LogP contribution < -0.4 is 5.32 Å². The molecular formula is C13H17N3O. The average Bonchev–Trinajstić information content (AvgIpc) is 2.88. The third-order valence-corrected chi connectivity index (χ3v) is 2.41. The summed E-state index contributed by atoms with van der Waals surface area (Å²) in [4.78, 5) is 6.99. The van der Waals surface area contributed by atoms with Gasteiger partial charge in [-0.2, -0.15) is 0 Å². The Morgan fingerprint density at radius 2 is 2.12 bits per heavy atom. The fraction of sp³-hybridized carbons (Fsp3) is 0.308. The molecule has 4 heteroatoms. The van der Waals surface area contributed by atoms with Gasteiger partial charge >= 0.3 is 0 Å². The SMILES string of the molecule is c1ccc(COCCNCc2cnc[nH]2)cc1. The molecule has 0 fully saturated rings. The highest BCUT2D eigenvalue weighted by Crippen LogP contribution is 1.99. The number of nitrogens with one attached hydrogen (secondary N) is 2. The lowest BCUT2D eigenvalue weighted by molar-refractivity contribution is 0.122. The van der Waals surface area contributed by atoms with Crippen molar-refractivity contribution in [1.29, 1.82) is 0 Å². The first-order valence-corrected chi connectivity index (χ1v) is 5.75. The Morgan fingerprint density at radius 3 is 2.88 bits per heavy atom. The lowest BCUT2D eigenvalue weighted by atomic mass is 10.2. The van der Waals surface area contributed by atoms with Gasteiger partial charge in [0.15, 0.2) is 0 Å².